The molecule has 0 spiro atoms. The second kappa shape index (κ2) is 9.11. The highest BCUT2D eigenvalue weighted by Gasteiger charge is 2.27. The maximum absolute atomic E-state index is 14.3. The second-order valence-electron chi connectivity index (χ2n) is 8.09. The van der Waals surface area contributed by atoms with Crippen molar-refractivity contribution in [2.24, 2.45) is 0 Å². The molecular weight excluding hydrogens is 435 g/mol. The van der Waals surface area contributed by atoms with Crippen LogP contribution in [0.15, 0.2) is 72.8 Å². The molecule has 0 fully saturated rings. The number of esters is 1. The van der Waals surface area contributed by atoms with E-state index in [1.807, 2.05) is 67.6 Å². The quantitative estimate of drug-likeness (QED) is 0.365. The highest BCUT2D eigenvalue weighted by atomic mass is 19.1. The summed E-state index contributed by atoms with van der Waals surface area (Å²) < 4.78 is 33.4. The van der Waals surface area contributed by atoms with E-state index < -0.39 is 18.1 Å². The molecule has 34 heavy (non-hydrogen) atoms. The summed E-state index contributed by atoms with van der Waals surface area (Å²) in [6.45, 7) is 3.63. The average molecular weight is 458 g/mol. The van der Waals surface area contributed by atoms with Crippen LogP contribution in [0.25, 0.3) is 5.69 Å². The zero-order chi connectivity index (χ0) is 23.7. The number of rotatable bonds is 5. The molecule has 0 N–H and O–H groups in total. The fourth-order valence-electron chi connectivity index (χ4n) is 4.13. The van der Waals surface area contributed by atoms with Gasteiger partial charge in [0.05, 0.1) is 23.7 Å². The predicted molar refractivity (Wildman–Crippen MR) is 123 cm³/mol. The standard InChI is InChI=1S/C27H23FN2O4/c1-17-24(18(2)30(29-17)23-11-7-4-8-12-23)26(31)32-15-20-13-22(28)14-21-16-33-27(34-25(20)21)19-9-5-3-6-10-19/h3-14,27H,15-16H2,1-2H3/t27-/m1/s1. The highest BCUT2D eigenvalue weighted by molar-refractivity contribution is 5.92. The molecule has 2 heterocycles. The largest absolute Gasteiger partial charge is 0.460 e. The number of nitrogens with zero attached hydrogens (tertiary/aromatic N) is 2. The van der Waals surface area contributed by atoms with Crippen molar-refractivity contribution in [2.75, 3.05) is 0 Å². The molecule has 0 bridgehead atoms. The first-order chi connectivity index (χ1) is 16.5. The zero-order valence-corrected chi connectivity index (χ0v) is 18.8. The lowest BCUT2D eigenvalue weighted by Crippen LogP contribution is -2.20. The third-order valence-corrected chi connectivity index (χ3v) is 5.75. The van der Waals surface area contributed by atoms with E-state index in [0.717, 1.165) is 11.3 Å². The Labute approximate surface area is 196 Å². The van der Waals surface area contributed by atoms with Crippen molar-refractivity contribution >= 4 is 5.97 Å². The van der Waals surface area contributed by atoms with Gasteiger partial charge in [-0.25, -0.2) is 13.9 Å². The molecule has 0 saturated heterocycles. The van der Waals surface area contributed by atoms with E-state index in [1.165, 1.54) is 12.1 Å². The first-order valence-corrected chi connectivity index (χ1v) is 10.9. The molecule has 3 aromatic carbocycles. The summed E-state index contributed by atoms with van der Waals surface area (Å²) in [5, 5.41) is 4.50. The van der Waals surface area contributed by atoms with E-state index in [-0.39, 0.29) is 13.2 Å². The Balaban J connectivity index is 1.38. The van der Waals surface area contributed by atoms with Crippen molar-refractivity contribution in [2.45, 2.75) is 33.4 Å². The van der Waals surface area contributed by atoms with E-state index in [4.69, 9.17) is 14.2 Å². The van der Waals surface area contributed by atoms with Gasteiger partial charge in [-0.15, -0.1) is 0 Å². The molecule has 172 valence electrons. The molecule has 1 aliphatic heterocycles. The summed E-state index contributed by atoms with van der Waals surface area (Å²) in [4.78, 5) is 13.0. The number of aryl methyl sites for hydroxylation is 1. The Morgan fingerprint density at radius 1 is 1.09 bits per heavy atom. The molecule has 4 aromatic rings. The molecule has 1 atom stereocenters. The minimum Gasteiger partial charge on any atom is -0.460 e. The normalized spacial score (nSPS) is 14.9. The summed E-state index contributed by atoms with van der Waals surface area (Å²) >= 11 is 0. The van der Waals surface area contributed by atoms with E-state index in [1.54, 1.807) is 11.6 Å². The molecule has 5 rings (SSSR count). The molecule has 0 saturated carbocycles. The minimum atomic E-state index is -0.623. The smallest absolute Gasteiger partial charge is 0.342 e. The molecule has 0 amide bonds. The average Bonchev–Trinajstić information content (AvgIpc) is 3.16. The van der Waals surface area contributed by atoms with Gasteiger partial charge in [0, 0.05) is 16.7 Å². The van der Waals surface area contributed by atoms with Crippen LogP contribution in [-0.2, 0) is 22.7 Å². The van der Waals surface area contributed by atoms with Crippen LogP contribution in [0.1, 0.15) is 44.7 Å². The summed E-state index contributed by atoms with van der Waals surface area (Å²) in [5.41, 5.74) is 4.33. The Kier molecular flexibility index (Phi) is 5.86. The number of carbonyl (C=O) groups is 1. The first kappa shape index (κ1) is 21.9. The van der Waals surface area contributed by atoms with Crippen LogP contribution in [0.2, 0.25) is 0 Å². The molecule has 7 heteroatoms. The van der Waals surface area contributed by atoms with E-state index >= 15 is 0 Å². The van der Waals surface area contributed by atoms with E-state index in [0.29, 0.717) is 33.8 Å². The van der Waals surface area contributed by atoms with Gasteiger partial charge in [-0.05, 0) is 38.1 Å². The molecule has 6 nitrogen and oxygen atoms in total. The lowest BCUT2D eigenvalue weighted by molar-refractivity contribution is -0.112. The number of carbonyl (C=O) groups excluding carboxylic acids is 1. The molecule has 1 aliphatic rings. The summed E-state index contributed by atoms with van der Waals surface area (Å²) in [6.07, 6.45) is -0.623. The minimum absolute atomic E-state index is 0.143. The second-order valence-corrected chi connectivity index (χ2v) is 8.09. The number of hydrogen-bond acceptors (Lipinski definition) is 5. The molecule has 0 unspecified atom stereocenters. The van der Waals surface area contributed by atoms with Gasteiger partial charge < -0.3 is 14.2 Å². The summed E-state index contributed by atoms with van der Waals surface area (Å²) in [6, 6.07) is 21.7. The fraction of sp³-hybridized carbons (Fsp3) is 0.185. The van der Waals surface area contributed by atoms with E-state index in [9.17, 15) is 9.18 Å². The van der Waals surface area contributed by atoms with Crippen LogP contribution < -0.4 is 4.74 Å². The van der Waals surface area contributed by atoms with Crippen LogP contribution in [-0.4, -0.2) is 15.7 Å². The Morgan fingerprint density at radius 3 is 2.53 bits per heavy atom. The lowest BCUT2D eigenvalue weighted by Gasteiger charge is -2.28. The zero-order valence-electron chi connectivity index (χ0n) is 18.8. The highest BCUT2D eigenvalue weighted by Crippen LogP contribution is 2.37. The van der Waals surface area contributed by atoms with Crippen LogP contribution in [0.5, 0.6) is 5.75 Å². The van der Waals surface area contributed by atoms with Gasteiger partial charge in [0.1, 0.15) is 23.7 Å². The molecular formula is C27H23FN2O4. The molecule has 0 aliphatic carbocycles. The lowest BCUT2D eigenvalue weighted by atomic mass is 10.1. The summed E-state index contributed by atoms with van der Waals surface area (Å²) in [5.74, 6) is -0.496. The number of benzene rings is 3. The van der Waals surface area contributed by atoms with Crippen molar-refractivity contribution in [1.82, 2.24) is 9.78 Å². The number of para-hydroxylation sites is 1. The first-order valence-electron chi connectivity index (χ1n) is 10.9. The third-order valence-electron chi connectivity index (χ3n) is 5.75. The predicted octanol–water partition coefficient (Wildman–Crippen LogP) is 5.59. The van der Waals surface area contributed by atoms with Gasteiger partial charge in [-0.1, -0.05) is 48.5 Å². The van der Waals surface area contributed by atoms with Gasteiger partial charge in [-0.3, -0.25) is 0 Å². The maximum Gasteiger partial charge on any atom is 0.342 e. The number of ether oxygens (including phenoxy) is 3. The van der Waals surface area contributed by atoms with Gasteiger partial charge in [0.25, 0.3) is 0 Å². The van der Waals surface area contributed by atoms with Crippen molar-refractivity contribution in [3.63, 3.8) is 0 Å². The number of fused-ring (bicyclic) bond motifs is 1. The Hall–Kier alpha value is -3.97. The SMILES string of the molecule is Cc1nn(-c2ccccc2)c(C)c1C(=O)OCc1cc(F)cc2c1O[C@H](c1ccccc1)OC2. The van der Waals surface area contributed by atoms with Gasteiger partial charge >= 0.3 is 5.97 Å². The number of hydrogen-bond donors (Lipinski definition) is 0. The summed E-state index contributed by atoms with van der Waals surface area (Å²) in [7, 11) is 0. The monoisotopic (exact) mass is 458 g/mol. The third kappa shape index (κ3) is 4.18. The van der Waals surface area contributed by atoms with Crippen molar-refractivity contribution < 1.29 is 23.4 Å². The van der Waals surface area contributed by atoms with E-state index in [2.05, 4.69) is 5.10 Å². The Bertz CT molecular complexity index is 1340. The van der Waals surface area contributed by atoms with Crippen molar-refractivity contribution in [3.05, 3.63) is 112 Å². The topological polar surface area (TPSA) is 62.6 Å². The van der Waals surface area contributed by atoms with Crippen LogP contribution in [0, 0.1) is 19.7 Å². The van der Waals surface area contributed by atoms with Crippen molar-refractivity contribution in [3.8, 4) is 11.4 Å². The van der Waals surface area contributed by atoms with Gasteiger partial charge in [-0.2, -0.15) is 5.10 Å². The Morgan fingerprint density at radius 2 is 1.79 bits per heavy atom. The number of aromatic nitrogens is 2. The van der Waals surface area contributed by atoms with Gasteiger partial charge in [0.2, 0.25) is 6.29 Å². The van der Waals surface area contributed by atoms with Gasteiger partial charge in [0.15, 0.2) is 0 Å². The molecule has 0 radical (unpaired) electrons. The van der Waals surface area contributed by atoms with Crippen LogP contribution in [0.4, 0.5) is 4.39 Å². The van der Waals surface area contributed by atoms with Crippen molar-refractivity contribution in [1.29, 1.82) is 0 Å². The fourth-order valence-corrected chi connectivity index (χ4v) is 4.13. The van der Waals surface area contributed by atoms with Crippen LogP contribution >= 0.6 is 0 Å². The maximum atomic E-state index is 14.3. The van der Waals surface area contributed by atoms with Crippen LogP contribution in [0.3, 0.4) is 0 Å². The number of halogens is 1. The molecule has 1 aromatic heterocycles.